The molecule has 0 radical (unpaired) electrons. The van der Waals surface area contributed by atoms with Crippen LogP contribution in [0.1, 0.15) is 93.3 Å². The lowest BCUT2D eigenvalue weighted by Crippen LogP contribution is -2.66. The number of nitrogens with one attached hydrogen (secondary N) is 11. The Labute approximate surface area is 606 Å². The third-order valence-electron chi connectivity index (χ3n) is 17.2. The van der Waals surface area contributed by atoms with Crippen molar-refractivity contribution in [1.29, 1.82) is 0 Å². The highest BCUT2D eigenvalue weighted by Gasteiger charge is 2.42. The van der Waals surface area contributed by atoms with Gasteiger partial charge in [0.1, 0.15) is 53.9 Å². The van der Waals surface area contributed by atoms with Gasteiger partial charge < -0.3 is 90.0 Å². The summed E-state index contributed by atoms with van der Waals surface area (Å²) in [7, 11) is 0. The minimum Gasteiger partial charge on any atom is -0.481 e. The van der Waals surface area contributed by atoms with E-state index in [1.165, 1.54) is 26.4 Å². The van der Waals surface area contributed by atoms with Gasteiger partial charge in [-0.2, -0.15) is 0 Å². The number of aliphatic hydroxyl groups is 2. The van der Waals surface area contributed by atoms with Crippen molar-refractivity contribution in [3.05, 3.63) is 173 Å². The molecule has 6 rings (SSSR count). The van der Waals surface area contributed by atoms with Gasteiger partial charge in [-0.15, -0.1) is 0 Å². The molecular weight excluding hydrogens is 1360 g/mol. The number of carbonyl (C=O) groups is 13. The first-order chi connectivity index (χ1) is 49.9. The molecule has 0 spiro atoms. The number of hydrogen-bond donors (Lipinski definition) is 17. The maximum absolute atomic E-state index is 14.7. The molecule has 0 bridgehead atoms. The van der Waals surface area contributed by atoms with Crippen LogP contribution in [0.5, 0.6) is 0 Å². The number of carboxylic acid groups (broad SMARTS) is 2. The number of benzene rings is 5. The highest BCUT2D eigenvalue weighted by molar-refractivity contribution is 6.01. The van der Waals surface area contributed by atoms with Crippen LogP contribution in [-0.4, -0.2) is 186 Å². The zero-order valence-electron chi connectivity index (χ0n) is 59.0. The molecule has 6 aromatic rings. The summed E-state index contributed by atoms with van der Waals surface area (Å²) in [5.74, 6) is -14.7. The second kappa shape index (κ2) is 39.6. The molecule has 1 heterocycles. The highest BCUT2D eigenvalue weighted by atomic mass is 16.4. The summed E-state index contributed by atoms with van der Waals surface area (Å²) in [6, 6.07) is 23.3. The van der Waals surface area contributed by atoms with Gasteiger partial charge >= 0.3 is 11.9 Å². The fraction of sp³-hybridized carbons (Fsp3) is 0.378. The summed E-state index contributed by atoms with van der Waals surface area (Å²) in [4.78, 5) is 183. The van der Waals surface area contributed by atoms with Crippen LogP contribution in [0.2, 0.25) is 0 Å². The van der Waals surface area contributed by atoms with Crippen molar-refractivity contribution in [2.45, 2.75) is 165 Å². The van der Waals surface area contributed by atoms with Crippen molar-refractivity contribution in [3.63, 3.8) is 0 Å². The van der Waals surface area contributed by atoms with E-state index >= 15 is 0 Å². The van der Waals surface area contributed by atoms with E-state index in [-0.39, 0.29) is 32.1 Å². The first kappa shape index (κ1) is 82.3. The summed E-state index contributed by atoms with van der Waals surface area (Å²) in [6.45, 7) is 7.24. The fourth-order valence-electron chi connectivity index (χ4n) is 11.2. The maximum atomic E-state index is 14.7. The van der Waals surface area contributed by atoms with Gasteiger partial charge in [-0.05, 0) is 91.1 Å². The van der Waals surface area contributed by atoms with Crippen molar-refractivity contribution >= 4 is 76.9 Å². The number of H-pyrrole nitrogens is 1. The molecule has 0 aliphatic carbocycles. The lowest BCUT2D eigenvalue weighted by atomic mass is 9.90. The molecule has 31 heteroatoms. The van der Waals surface area contributed by atoms with Crippen LogP contribution in [0, 0.1) is 13.8 Å². The van der Waals surface area contributed by atoms with E-state index in [9.17, 15) is 82.8 Å². The Balaban J connectivity index is 1.15. The number of aryl methyl sites for hydroxylation is 2. The molecule has 0 saturated carbocycles. The second-order valence-electron chi connectivity index (χ2n) is 25.8. The molecule has 11 atom stereocenters. The van der Waals surface area contributed by atoms with Gasteiger partial charge in [0.05, 0.1) is 44.5 Å². The number of nitrogens with zero attached hydrogens (tertiary/aromatic N) is 1. The van der Waals surface area contributed by atoms with Gasteiger partial charge in [0.25, 0.3) is 0 Å². The molecule has 5 aromatic carbocycles. The normalized spacial score (nSPS) is 14.5. The summed E-state index contributed by atoms with van der Waals surface area (Å²) in [5.41, 5.74) is 17.5. The number of carboxylic acids is 2. The third-order valence-corrected chi connectivity index (χ3v) is 17.2. The molecule has 0 saturated heterocycles. The number of hydrogen-bond acceptors (Lipinski definition) is 17. The van der Waals surface area contributed by atoms with Gasteiger partial charge in [-0.25, -0.2) is 4.98 Å². The smallest absolute Gasteiger partial charge is 0.305 e. The lowest BCUT2D eigenvalue weighted by Gasteiger charge is -2.34. The van der Waals surface area contributed by atoms with E-state index in [4.69, 9.17) is 11.5 Å². The lowest BCUT2D eigenvalue weighted by molar-refractivity contribution is -0.142. The number of rotatable bonds is 40. The number of aromatic amines is 1. The minimum absolute atomic E-state index is 0.0377. The van der Waals surface area contributed by atoms with E-state index in [1.54, 1.807) is 73.7 Å². The molecular formula is C74H92N14O17. The molecule has 560 valence electrons. The summed E-state index contributed by atoms with van der Waals surface area (Å²) < 4.78 is 0. The number of aliphatic hydroxyl groups excluding tert-OH is 2. The Kier molecular flexibility index (Phi) is 31.1. The molecule has 19 N–H and O–H groups in total. The first-order valence-corrected chi connectivity index (χ1v) is 34.0. The van der Waals surface area contributed by atoms with Crippen LogP contribution in [0.15, 0.2) is 140 Å². The Morgan fingerprint density at radius 1 is 0.533 bits per heavy atom. The van der Waals surface area contributed by atoms with Gasteiger partial charge in [-0.1, -0.05) is 147 Å². The van der Waals surface area contributed by atoms with Crippen LogP contribution in [-0.2, 0) is 88.0 Å². The Bertz CT molecular complexity index is 4030. The van der Waals surface area contributed by atoms with E-state index in [1.807, 2.05) is 74.5 Å². The predicted molar refractivity (Wildman–Crippen MR) is 384 cm³/mol. The van der Waals surface area contributed by atoms with E-state index < -0.39 is 169 Å². The standard InChI is InChI=1S/C74H92N14O17/c1-7-8-22-54(81-60(91)38-78-67(99)57(34-61(92)93)83-65(97)43(4)80-66(98)53(75)33-50-37-77-40-79-50)71(103)88-74(6,36-47-18-10-9-11-19-47)73(105)87-63(44(5)90)72(104)86-59(39-89)70(102)85-58(35-62(94)95)69(101)84-56(32-46-25-29-49(30-26-46)52-21-15-13-17-42(52)3)68(100)82-55(64(76)96)31-45-23-27-48(28-24-45)51-20-14-12-16-41(51)2/h9-21,23-30,37,40,43-44,53-59,63,89-90H,7-8,22,31-36,38-39,75H2,1-6H3,(H2,76,96)(H,77,79)(H,78,99)(H,80,98)(H,81,91)(H,82,100)(H,83,97)(H,84,101)(H,85,102)(H,86,104)(H,87,105)(H,88,103)(H,92,93)(H,94,95)/t43-,44-,53+,54+,55+,56+,57+,58+,59+,63+,74+/m1/s1. The molecule has 11 amide bonds. The fourth-order valence-corrected chi connectivity index (χ4v) is 11.2. The average molecular weight is 1450 g/mol. The molecule has 105 heavy (non-hydrogen) atoms. The third kappa shape index (κ3) is 25.4. The molecule has 0 aliphatic heterocycles. The zero-order valence-corrected chi connectivity index (χ0v) is 59.0. The summed E-state index contributed by atoms with van der Waals surface area (Å²) in [5, 5.41) is 65.3. The Hall–Kier alpha value is -11.7. The molecule has 31 nitrogen and oxygen atoms in total. The monoisotopic (exact) mass is 1450 g/mol. The van der Waals surface area contributed by atoms with Gasteiger partial charge in [-0.3, -0.25) is 62.3 Å². The van der Waals surface area contributed by atoms with Gasteiger partial charge in [0, 0.05) is 37.6 Å². The van der Waals surface area contributed by atoms with Crippen LogP contribution in [0.3, 0.4) is 0 Å². The predicted octanol–water partition coefficient (Wildman–Crippen LogP) is -0.154. The maximum Gasteiger partial charge on any atom is 0.305 e. The van der Waals surface area contributed by atoms with Crippen LogP contribution in [0.25, 0.3) is 22.3 Å². The number of amides is 11. The SMILES string of the molecule is CCCC[C@H](NC(=O)CNC(=O)[C@H](CC(=O)O)NC(=O)[C@@H](C)NC(=O)[C@@H](N)Cc1cnc[nH]1)C(=O)N[C@@](C)(Cc1ccccc1)C(=O)N[C@H](C(=O)N[C@@H](CO)C(=O)N[C@@H](CC(=O)O)C(=O)N[C@@H](Cc1ccc(-c2ccccc2C)cc1)C(=O)N[C@@H](Cc1ccc(-c2ccccc2C)cc1)C(N)=O)[C@@H](C)O. The van der Waals surface area contributed by atoms with E-state index in [0.29, 0.717) is 35.2 Å². The van der Waals surface area contributed by atoms with E-state index in [2.05, 4.69) is 63.1 Å². The average Bonchev–Trinajstić information content (AvgIpc) is 0.872. The molecule has 0 unspecified atom stereocenters. The number of aliphatic carboxylic acids is 2. The summed E-state index contributed by atoms with van der Waals surface area (Å²) >= 11 is 0. The van der Waals surface area contributed by atoms with Crippen molar-refractivity contribution in [2.75, 3.05) is 13.2 Å². The number of carbonyl (C=O) groups excluding carboxylic acids is 11. The number of aromatic nitrogens is 2. The van der Waals surface area contributed by atoms with E-state index in [0.717, 1.165) is 40.3 Å². The van der Waals surface area contributed by atoms with Crippen molar-refractivity contribution in [3.8, 4) is 22.3 Å². The number of primary amides is 1. The largest absolute Gasteiger partial charge is 0.481 e. The molecule has 0 aliphatic rings. The second-order valence-corrected chi connectivity index (χ2v) is 25.8. The highest BCUT2D eigenvalue weighted by Crippen LogP contribution is 2.26. The first-order valence-electron chi connectivity index (χ1n) is 34.0. The Morgan fingerprint density at radius 3 is 1.54 bits per heavy atom. The zero-order chi connectivity index (χ0) is 77.1. The topological polar surface area (TPSA) is 504 Å². The minimum atomic E-state index is -2.06. The van der Waals surface area contributed by atoms with Gasteiger partial charge in [0.15, 0.2) is 0 Å². The van der Waals surface area contributed by atoms with Gasteiger partial charge in [0.2, 0.25) is 65.0 Å². The summed E-state index contributed by atoms with van der Waals surface area (Å²) in [6.07, 6.45) is -0.835. The molecule has 0 fully saturated rings. The quantitative estimate of drug-likeness (QED) is 0.0238. The van der Waals surface area contributed by atoms with Crippen LogP contribution in [0.4, 0.5) is 0 Å². The number of imidazole rings is 1. The molecule has 1 aromatic heterocycles. The number of nitrogens with two attached hydrogens (primary N) is 2. The van der Waals surface area contributed by atoms with Crippen molar-refractivity contribution in [2.24, 2.45) is 11.5 Å². The van der Waals surface area contributed by atoms with Crippen LogP contribution >= 0.6 is 0 Å². The van der Waals surface area contributed by atoms with Crippen molar-refractivity contribution < 1.29 is 82.8 Å². The van der Waals surface area contributed by atoms with Crippen LogP contribution < -0.4 is 64.6 Å². The number of unbranched alkanes of at least 4 members (excludes halogenated alkanes) is 1. The Morgan fingerprint density at radius 2 is 1.03 bits per heavy atom. The van der Waals surface area contributed by atoms with Crippen molar-refractivity contribution in [1.82, 2.24) is 63.1 Å².